The molecule has 1 aromatic heterocycles. The van der Waals surface area contributed by atoms with Gasteiger partial charge in [-0.15, -0.1) is 11.3 Å². The summed E-state index contributed by atoms with van der Waals surface area (Å²) in [5, 5.41) is 12.1. The number of anilines is 1. The summed E-state index contributed by atoms with van der Waals surface area (Å²) < 4.78 is 0. The van der Waals surface area contributed by atoms with E-state index in [1.54, 1.807) is 24.3 Å². The van der Waals surface area contributed by atoms with E-state index in [4.69, 9.17) is 11.6 Å². The Morgan fingerprint density at radius 3 is 2.58 bits per heavy atom. The van der Waals surface area contributed by atoms with Gasteiger partial charge in [0.05, 0.1) is 11.7 Å². The Morgan fingerprint density at radius 2 is 1.84 bits per heavy atom. The molecule has 1 aromatic carbocycles. The number of nitrogens with zero attached hydrogens (tertiary/aromatic N) is 2. The Balaban J connectivity index is 1.44. The van der Waals surface area contributed by atoms with Gasteiger partial charge in [0.25, 0.3) is 5.91 Å². The van der Waals surface area contributed by atoms with Crippen molar-refractivity contribution >= 4 is 52.3 Å². The van der Waals surface area contributed by atoms with Crippen molar-refractivity contribution in [2.45, 2.75) is 57.7 Å². The molecule has 1 fully saturated rings. The molecular formula is C26H33ClN6O4S. The van der Waals surface area contributed by atoms with E-state index in [0.717, 1.165) is 36.5 Å². The first kappa shape index (κ1) is 28.0. The highest BCUT2D eigenvalue weighted by atomic mass is 35.5. The zero-order chi connectivity index (χ0) is 27.2. The van der Waals surface area contributed by atoms with E-state index in [1.165, 1.54) is 11.3 Å². The monoisotopic (exact) mass is 560 g/mol. The van der Waals surface area contributed by atoms with Gasteiger partial charge in [-0.25, -0.2) is 4.98 Å². The highest BCUT2D eigenvalue weighted by Crippen LogP contribution is 2.28. The second kappa shape index (κ2) is 12.7. The van der Waals surface area contributed by atoms with Crippen LogP contribution in [0, 0.1) is 5.92 Å². The molecule has 0 bridgehead atoms. The van der Waals surface area contributed by atoms with Gasteiger partial charge in [0, 0.05) is 53.6 Å². The number of benzene rings is 1. The zero-order valence-corrected chi connectivity index (χ0v) is 23.1. The fourth-order valence-corrected chi connectivity index (χ4v) is 5.96. The van der Waals surface area contributed by atoms with E-state index in [1.807, 2.05) is 14.0 Å². The summed E-state index contributed by atoms with van der Waals surface area (Å²) in [6.07, 6.45) is 2.93. The van der Waals surface area contributed by atoms with Gasteiger partial charge in [0.2, 0.25) is 5.91 Å². The summed E-state index contributed by atoms with van der Waals surface area (Å²) in [7, 11) is 2.03. The van der Waals surface area contributed by atoms with Gasteiger partial charge in [-0.1, -0.05) is 18.5 Å². The van der Waals surface area contributed by atoms with Crippen molar-refractivity contribution in [3.8, 4) is 0 Å². The van der Waals surface area contributed by atoms with Crippen LogP contribution in [-0.2, 0) is 27.3 Å². The molecule has 1 saturated carbocycles. The Morgan fingerprint density at radius 1 is 1.08 bits per heavy atom. The number of fused-ring (bicyclic) bond motifs is 1. The largest absolute Gasteiger partial charge is 0.356 e. The smallest absolute Gasteiger partial charge is 0.313 e. The fraction of sp³-hybridized carbons (Fsp3) is 0.500. The predicted octanol–water partition coefficient (Wildman–Crippen LogP) is 2.33. The number of amides is 4. The highest BCUT2D eigenvalue weighted by molar-refractivity contribution is 7.13. The van der Waals surface area contributed by atoms with Gasteiger partial charge in [-0.3, -0.25) is 19.2 Å². The molecule has 4 amide bonds. The number of rotatable bonds is 7. The number of carbonyl (C=O) groups excluding carboxylic acids is 4. The molecule has 4 rings (SSSR count). The Kier molecular flexibility index (Phi) is 9.35. The summed E-state index contributed by atoms with van der Waals surface area (Å²) in [4.78, 5) is 59.0. The third kappa shape index (κ3) is 7.09. The minimum Gasteiger partial charge on any atom is -0.356 e. The quantitative estimate of drug-likeness (QED) is 0.384. The molecule has 10 nitrogen and oxygen atoms in total. The van der Waals surface area contributed by atoms with E-state index in [-0.39, 0.29) is 17.7 Å². The first-order valence-corrected chi connectivity index (χ1v) is 14.1. The van der Waals surface area contributed by atoms with Crippen LogP contribution in [0.15, 0.2) is 24.3 Å². The zero-order valence-electron chi connectivity index (χ0n) is 21.5. The van der Waals surface area contributed by atoms with Gasteiger partial charge in [0.1, 0.15) is 0 Å². The van der Waals surface area contributed by atoms with Crippen molar-refractivity contribution < 1.29 is 19.2 Å². The first-order chi connectivity index (χ1) is 18.2. The Hall–Kier alpha value is -3.02. The number of aromatic nitrogens is 1. The van der Waals surface area contributed by atoms with Crippen LogP contribution in [0.4, 0.5) is 5.69 Å². The van der Waals surface area contributed by atoms with Gasteiger partial charge in [0.15, 0.2) is 5.01 Å². The standard InChI is InChI=1S/C26H33ClN6O4S/c1-3-11-28-22(34)15-4-9-18(30-24(36)23(35)29-17-7-5-16(27)6-8-17)20(13-15)31-25(37)26-32-19-10-12-33(2)14-21(19)38-26/h5-8,15,18,20H,3-4,9-14H2,1-2H3,(H,28,34)(H,29,35)(H,30,36)(H,31,37)/t15-,18-,20+/m0/s1. The normalized spacial score (nSPS) is 21.2. The molecule has 12 heteroatoms. The third-order valence-corrected chi connectivity index (χ3v) is 8.16. The van der Waals surface area contributed by atoms with Crippen LogP contribution >= 0.6 is 22.9 Å². The second-order valence-electron chi connectivity index (χ2n) is 9.80. The SMILES string of the molecule is CCCNC(=O)[C@H]1CC[C@H](NC(=O)C(=O)Nc2ccc(Cl)cc2)[C@H](NC(=O)c2nc3c(s2)CN(C)CC3)C1. The number of hydrogen-bond acceptors (Lipinski definition) is 7. The summed E-state index contributed by atoms with van der Waals surface area (Å²) in [6.45, 7) is 4.21. The maximum absolute atomic E-state index is 13.2. The van der Waals surface area contributed by atoms with Crippen molar-refractivity contribution in [1.29, 1.82) is 0 Å². The second-order valence-corrected chi connectivity index (χ2v) is 11.3. The molecule has 0 unspecified atom stereocenters. The summed E-state index contributed by atoms with van der Waals surface area (Å²) >= 11 is 7.25. The van der Waals surface area contributed by atoms with Gasteiger partial charge >= 0.3 is 11.8 Å². The van der Waals surface area contributed by atoms with Crippen molar-refractivity contribution in [3.63, 3.8) is 0 Å². The molecule has 2 aromatic rings. The lowest BCUT2D eigenvalue weighted by molar-refractivity contribution is -0.137. The Bertz CT molecular complexity index is 1190. The van der Waals surface area contributed by atoms with Crippen LogP contribution in [0.5, 0.6) is 0 Å². The highest BCUT2D eigenvalue weighted by Gasteiger charge is 2.37. The molecule has 1 aliphatic carbocycles. The maximum Gasteiger partial charge on any atom is 0.313 e. The summed E-state index contributed by atoms with van der Waals surface area (Å²) in [5.74, 6) is -2.34. The molecule has 4 N–H and O–H groups in total. The lowest BCUT2D eigenvalue weighted by Gasteiger charge is -2.36. The van der Waals surface area contributed by atoms with Crippen LogP contribution in [0.1, 0.15) is 53.0 Å². The van der Waals surface area contributed by atoms with Crippen molar-refractivity contribution in [2.24, 2.45) is 5.92 Å². The molecular weight excluding hydrogens is 528 g/mol. The average Bonchev–Trinajstić information content (AvgIpc) is 3.33. The molecule has 38 heavy (non-hydrogen) atoms. The van der Waals surface area contributed by atoms with Crippen molar-refractivity contribution in [3.05, 3.63) is 44.9 Å². The van der Waals surface area contributed by atoms with E-state index >= 15 is 0 Å². The molecule has 204 valence electrons. The molecule has 2 heterocycles. The van der Waals surface area contributed by atoms with Crippen molar-refractivity contribution in [1.82, 2.24) is 25.8 Å². The summed E-state index contributed by atoms with van der Waals surface area (Å²) in [6, 6.07) is 5.37. The lowest BCUT2D eigenvalue weighted by Crippen LogP contribution is -2.57. The van der Waals surface area contributed by atoms with Crippen LogP contribution in [0.25, 0.3) is 0 Å². The fourth-order valence-electron chi connectivity index (χ4n) is 4.74. The minimum atomic E-state index is -0.822. The Labute approximate surface area is 230 Å². The van der Waals surface area contributed by atoms with E-state index in [2.05, 4.69) is 31.2 Å². The topological polar surface area (TPSA) is 133 Å². The first-order valence-electron chi connectivity index (χ1n) is 12.9. The van der Waals surface area contributed by atoms with Gasteiger partial charge < -0.3 is 26.2 Å². The number of hydrogen-bond donors (Lipinski definition) is 4. The van der Waals surface area contributed by atoms with Crippen molar-refractivity contribution in [2.75, 3.05) is 25.5 Å². The van der Waals surface area contributed by atoms with Crippen LogP contribution < -0.4 is 21.3 Å². The number of likely N-dealkylation sites (N-methyl/N-ethyl adjacent to an activating group) is 1. The maximum atomic E-state index is 13.2. The number of carbonyl (C=O) groups is 4. The van der Waals surface area contributed by atoms with Crippen LogP contribution in [0.2, 0.25) is 5.02 Å². The molecule has 0 spiro atoms. The average molecular weight is 561 g/mol. The minimum absolute atomic E-state index is 0.0656. The molecule has 0 radical (unpaired) electrons. The lowest BCUT2D eigenvalue weighted by atomic mass is 9.81. The number of halogens is 1. The predicted molar refractivity (Wildman–Crippen MR) is 146 cm³/mol. The van der Waals surface area contributed by atoms with Crippen LogP contribution in [0.3, 0.4) is 0 Å². The van der Waals surface area contributed by atoms with E-state index < -0.39 is 23.9 Å². The van der Waals surface area contributed by atoms with Gasteiger partial charge in [-0.2, -0.15) is 0 Å². The van der Waals surface area contributed by atoms with E-state index in [0.29, 0.717) is 41.5 Å². The molecule has 1 aliphatic heterocycles. The number of nitrogens with one attached hydrogen (secondary N) is 4. The molecule has 0 saturated heterocycles. The van der Waals surface area contributed by atoms with Crippen LogP contribution in [-0.4, -0.2) is 65.7 Å². The molecule has 3 atom stereocenters. The van der Waals surface area contributed by atoms with E-state index in [9.17, 15) is 19.2 Å². The summed E-state index contributed by atoms with van der Waals surface area (Å²) in [5.41, 5.74) is 1.39. The third-order valence-electron chi connectivity index (χ3n) is 6.83. The number of thiazole rings is 1. The molecule has 2 aliphatic rings. The van der Waals surface area contributed by atoms with Gasteiger partial charge in [-0.05, 0) is 57.0 Å².